The van der Waals surface area contributed by atoms with E-state index in [9.17, 15) is 9.59 Å². The van der Waals surface area contributed by atoms with Gasteiger partial charge in [0, 0.05) is 16.8 Å². The van der Waals surface area contributed by atoms with Gasteiger partial charge in [0.15, 0.2) is 13.2 Å². The number of esters is 1. The summed E-state index contributed by atoms with van der Waals surface area (Å²) in [5, 5.41) is 0.763. The van der Waals surface area contributed by atoms with Crippen molar-refractivity contribution in [3.05, 3.63) is 58.1 Å². The molecule has 0 saturated heterocycles. The van der Waals surface area contributed by atoms with Gasteiger partial charge in [0.25, 0.3) is 5.91 Å². The first-order valence-corrected chi connectivity index (χ1v) is 8.84. The first-order valence-electron chi connectivity index (χ1n) is 8.09. The summed E-state index contributed by atoms with van der Waals surface area (Å²) in [7, 11) is 0. The first kappa shape index (κ1) is 18.5. The third-order valence-electron chi connectivity index (χ3n) is 4.07. The molecule has 5 nitrogen and oxygen atoms in total. The Morgan fingerprint density at radius 1 is 1.15 bits per heavy atom. The van der Waals surface area contributed by atoms with Crippen LogP contribution in [0.5, 0.6) is 5.75 Å². The summed E-state index contributed by atoms with van der Waals surface area (Å²) in [5.41, 5.74) is 1.98. The predicted molar refractivity (Wildman–Crippen MR) is 100 cm³/mol. The molecule has 1 atom stereocenters. The van der Waals surface area contributed by atoms with Crippen LogP contribution in [0.1, 0.15) is 12.5 Å². The molecule has 1 heterocycles. The van der Waals surface area contributed by atoms with Crippen molar-refractivity contribution < 1.29 is 19.1 Å². The highest BCUT2D eigenvalue weighted by Gasteiger charge is 2.30. The molecule has 136 valence electrons. The molecule has 0 N–H and O–H groups in total. The van der Waals surface area contributed by atoms with Crippen molar-refractivity contribution in [2.24, 2.45) is 0 Å². The number of anilines is 1. The maximum absolute atomic E-state index is 12.5. The van der Waals surface area contributed by atoms with E-state index < -0.39 is 5.97 Å². The number of carbonyl (C=O) groups excluding carboxylic acids is 2. The van der Waals surface area contributed by atoms with Crippen LogP contribution in [0.15, 0.2) is 42.5 Å². The molecule has 7 heteroatoms. The molecule has 1 amide bonds. The van der Waals surface area contributed by atoms with Crippen molar-refractivity contribution in [1.82, 2.24) is 0 Å². The lowest BCUT2D eigenvalue weighted by Crippen LogP contribution is -2.39. The average molecular weight is 394 g/mol. The van der Waals surface area contributed by atoms with Gasteiger partial charge in [0.1, 0.15) is 5.75 Å². The molecule has 3 rings (SSSR count). The number of ether oxygens (including phenoxy) is 2. The summed E-state index contributed by atoms with van der Waals surface area (Å²) >= 11 is 11.8. The number of fused-ring (bicyclic) bond motifs is 1. The molecule has 1 aliphatic rings. The molecule has 2 aromatic carbocycles. The Labute approximate surface area is 161 Å². The van der Waals surface area contributed by atoms with Crippen molar-refractivity contribution in [2.45, 2.75) is 19.4 Å². The van der Waals surface area contributed by atoms with Crippen LogP contribution in [0, 0.1) is 0 Å². The topological polar surface area (TPSA) is 55.8 Å². The minimum atomic E-state index is -0.649. The van der Waals surface area contributed by atoms with Crippen molar-refractivity contribution in [2.75, 3.05) is 18.1 Å². The smallest absolute Gasteiger partial charge is 0.344 e. The summed E-state index contributed by atoms with van der Waals surface area (Å²) in [4.78, 5) is 26.0. The van der Waals surface area contributed by atoms with E-state index in [1.165, 1.54) is 6.07 Å². The zero-order valence-electron chi connectivity index (χ0n) is 14.1. The molecule has 0 saturated carbocycles. The Balaban J connectivity index is 1.52. The van der Waals surface area contributed by atoms with Crippen LogP contribution in [-0.4, -0.2) is 31.1 Å². The first-order chi connectivity index (χ1) is 12.5. The van der Waals surface area contributed by atoms with Gasteiger partial charge >= 0.3 is 5.97 Å². The molecule has 0 aliphatic carbocycles. The Bertz CT molecular complexity index is 840. The molecular weight excluding hydrogens is 377 g/mol. The SMILES string of the molecule is C[C@H]1Cc2ccccc2N1C(=O)COC(=O)COc1ccc(Cl)cc1Cl. The maximum Gasteiger partial charge on any atom is 0.344 e. The van der Waals surface area contributed by atoms with Gasteiger partial charge in [-0.25, -0.2) is 4.79 Å². The number of amides is 1. The highest BCUT2D eigenvalue weighted by atomic mass is 35.5. The minimum absolute atomic E-state index is 0.0303. The van der Waals surface area contributed by atoms with Crippen LogP contribution in [0.2, 0.25) is 10.0 Å². The van der Waals surface area contributed by atoms with Gasteiger partial charge < -0.3 is 14.4 Å². The van der Waals surface area contributed by atoms with Crippen molar-refractivity contribution >= 4 is 40.8 Å². The molecule has 0 fully saturated rings. The molecule has 0 radical (unpaired) electrons. The van der Waals surface area contributed by atoms with Gasteiger partial charge in [0.05, 0.1) is 5.02 Å². The quantitative estimate of drug-likeness (QED) is 0.722. The van der Waals surface area contributed by atoms with E-state index in [4.69, 9.17) is 32.7 Å². The van der Waals surface area contributed by atoms with Crippen molar-refractivity contribution in [1.29, 1.82) is 0 Å². The van der Waals surface area contributed by atoms with Gasteiger partial charge in [0.2, 0.25) is 0 Å². The number of hydrogen-bond donors (Lipinski definition) is 0. The van der Waals surface area contributed by atoms with E-state index in [0.29, 0.717) is 15.8 Å². The number of rotatable bonds is 5. The van der Waals surface area contributed by atoms with Gasteiger partial charge in [-0.15, -0.1) is 0 Å². The fraction of sp³-hybridized carbons (Fsp3) is 0.263. The molecule has 26 heavy (non-hydrogen) atoms. The van der Waals surface area contributed by atoms with E-state index in [-0.39, 0.29) is 25.2 Å². The molecule has 0 bridgehead atoms. The molecular formula is C19H17Cl2NO4. The summed E-state index contributed by atoms with van der Waals surface area (Å²) < 4.78 is 10.3. The Morgan fingerprint density at radius 2 is 1.92 bits per heavy atom. The third-order valence-corrected chi connectivity index (χ3v) is 4.60. The number of para-hydroxylation sites is 1. The van der Waals surface area contributed by atoms with Crippen LogP contribution in [0.3, 0.4) is 0 Å². The number of nitrogens with zero attached hydrogens (tertiary/aromatic N) is 1. The number of halogens is 2. The molecule has 0 unspecified atom stereocenters. The normalized spacial score (nSPS) is 15.5. The van der Waals surface area contributed by atoms with E-state index in [2.05, 4.69) is 0 Å². The summed E-state index contributed by atoms with van der Waals surface area (Å²) in [5.74, 6) is -0.591. The fourth-order valence-corrected chi connectivity index (χ4v) is 3.39. The molecule has 2 aromatic rings. The lowest BCUT2D eigenvalue weighted by molar-refractivity contribution is -0.149. The summed E-state index contributed by atoms with van der Waals surface area (Å²) in [6.07, 6.45) is 0.786. The van der Waals surface area contributed by atoms with Gasteiger partial charge in [-0.1, -0.05) is 41.4 Å². The Hall–Kier alpha value is -2.24. The Morgan fingerprint density at radius 3 is 2.69 bits per heavy atom. The lowest BCUT2D eigenvalue weighted by Gasteiger charge is -2.22. The molecule has 0 aromatic heterocycles. The minimum Gasteiger partial charge on any atom is -0.480 e. The van der Waals surface area contributed by atoms with E-state index in [1.54, 1.807) is 17.0 Å². The summed E-state index contributed by atoms with van der Waals surface area (Å²) in [6.45, 7) is 1.28. The van der Waals surface area contributed by atoms with Crippen molar-refractivity contribution in [3.63, 3.8) is 0 Å². The van der Waals surface area contributed by atoms with E-state index >= 15 is 0 Å². The number of carbonyl (C=O) groups is 2. The maximum atomic E-state index is 12.5. The van der Waals surface area contributed by atoms with Gasteiger partial charge in [-0.2, -0.15) is 0 Å². The molecule has 0 spiro atoms. The lowest BCUT2D eigenvalue weighted by atomic mass is 10.1. The number of benzene rings is 2. The van der Waals surface area contributed by atoms with Gasteiger partial charge in [-0.3, -0.25) is 4.79 Å². The van der Waals surface area contributed by atoms with Crippen LogP contribution >= 0.6 is 23.2 Å². The predicted octanol–water partition coefficient (Wildman–Crippen LogP) is 3.89. The second-order valence-corrected chi connectivity index (χ2v) is 6.81. The van der Waals surface area contributed by atoms with Crippen LogP contribution < -0.4 is 9.64 Å². The van der Waals surface area contributed by atoms with E-state index in [0.717, 1.165) is 17.7 Å². The van der Waals surface area contributed by atoms with Crippen LogP contribution in [0.4, 0.5) is 5.69 Å². The zero-order valence-corrected chi connectivity index (χ0v) is 15.6. The van der Waals surface area contributed by atoms with Crippen LogP contribution in [-0.2, 0) is 20.7 Å². The van der Waals surface area contributed by atoms with Gasteiger partial charge in [-0.05, 0) is 43.2 Å². The second-order valence-electron chi connectivity index (χ2n) is 5.97. The van der Waals surface area contributed by atoms with Crippen molar-refractivity contribution in [3.8, 4) is 5.75 Å². The van der Waals surface area contributed by atoms with Crippen LogP contribution in [0.25, 0.3) is 0 Å². The number of hydrogen-bond acceptors (Lipinski definition) is 4. The zero-order chi connectivity index (χ0) is 18.7. The van der Waals surface area contributed by atoms with E-state index in [1.807, 2.05) is 31.2 Å². The third kappa shape index (κ3) is 4.11. The highest BCUT2D eigenvalue weighted by molar-refractivity contribution is 6.35. The second kappa shape index (κ2) is 7.98. The standard InChI is InChI=1S/C19H17Cl2NO4/c1-12-8-13-4-2-3-5-16(13)22(12)18(23)10-26-19(24)11-25-17-7-6-14(20)9-15(17)21/h2-7,9,12H,8,10-11H2,1H3/t12-/m0/s1. The fourth-order valence-electron chi connectivity index (χ4n) is 2.93. The molecule has 1 aliphatic heterocycles. The monoisotopic (exact) mass is 393 g/mol. The largest absolute Gasteiger partial charge is 0.480 e. The highest BCUT2D eigenvalue weighted by Crippen LogP contribution is 2.31. The summed E-state index contributed by atoms with van der Waals surface area (Å²) in [6, 6.07) is 12.4. The average Bonchev–Trinajstić information content (AvgIpc) is 2.94. The Kier molecular flexibility index (Phi) is 5.69.